The third-order valence-electron chi connectivity index (χ3n) is 2.04. The first-order valence-electron chi connectivity index (χ1n) is 5.11. The Kier molecular flexibility index (Phi) is 4.91. The SMILES string of the molecule is CCCCN(C)C(=O)C(=O)Nc1nccs1. The largest absolute Gasteiger partial charge is 0.338 e. The van der Waals surface area contributed by atoms with Gasteiger partial charge in [-0.2, -0.15) is 0 Å². The topological polar surface area (TPSA) is 62.3 Å². The first-order chi connectivity index (χ1) is 7.65. The lowest BCUT2D eigenvalue weighted by Gasteiger charge is -2.15. The monoisotopic (exact) mass is 241 g/mol. The van der Waals surface area contributed by atoms with Gasteiger partial charge in [0.15, 0.2) is 5.13 Å². The van der Waals surface area contributed by atoms with Crippen molar-refractivity contribution in [3.05, 3.63) is 11.6 Å². The number of aromatic nitrogens is 1. The fraction of sp³-hybridized carbons (Fsp3) is 0.500. The third kappa shape index (κ3) is 3.62. The van der Waals surface area contributed by atoms with Crippen LogP contribution in [0.1, 0.15) is 19.8 Å². The molecule has 0 bridgehead atoms. The van der Waals surface area contributed by atoms with Crippen LogP contribution in [-0.2, 0) is 9.59 Å². The smallest absolute Gasteiger partial charge is 0.315 e. The van der Waals surface area contributed by atoms with Crippen LogP contribution in [0.2, 0.25) is 0 Å². The van der Waals surface area contributed by atoms with E-state index in [9.17, 15) is 9.59 Å². The van der Waals surface area contributed by atoms with Crippen LogP contribution in [0, 0.1) is 0 Å². The number of unbranched alkanes of at least 4 members (excludes halogenated alkanes) is 1. The number of hydrogen-bond donors (Lipinski definition) is 1. The van der Waals surface area contributed by atoms with Crippen LogP contribution in [-0.4, -0.2) is 35.3 Å². The molecular formula is C10H15N3O2S. The van der Waals surface area contributed by atoms with Crippen molar-refractivity contribution in [2.45, 2.75) is 19.8 Å². The average molecular weight is 241 g/mol. The molecule has 0 saturated heterocycles. The highest BCUT2D eigenvalue weighted by Crippen LogP contribution is 2.10. The van der Waals surface area contributed by atoms with Gasteiger partial charge < -0.3 is 4.90 Å². The van der Waals surface area contributed by atoms with Gasteiger partial charge in [-0.1, -0.05) is 13.3 Å². The number of rotatable bonds is 4. The predicted molar refractivity (Wildman–Crippen MR) is 63.3 cm³/mol. The van der Waals surface area contributed by atoms with Crippen molar-refractivity contribution in [1.82, 2.24) is 9.88 Å². The molecule has 1 aromatic heterocycles. The van der Waals surface area contributed by atoms with E-state index in [2.05, 4.69) is 10.3 Å². The molecule has 5 nitrogen and oxygen atoms in total. The standard InChI is InChI=1S/C10H15N3O2S/c1-3-4-6-13(2)9(15)8(14)12-10-11-5-7-16-10/h5,7H,3-4,6H2,1-2H3,(H,11,12,14). The van der Waals surface area contributed by atoms with Gasteiger partial charge in [0.05, 0.1) is 0 Å². The van der Waals surface area contributed by atoms with Crippen LogP contribution in [0.25, 0.3) is 0 Å². The second-order valence-electron chi connectivity index (χ2n) is 3.37. The summed E-state index contributed by atoms with van der Waals surface area (Å²) in [6.45, 7) is 2.63. The molecule has 0 radical (unpaired) electrons. The van der Waals surface area contributed by atoms with Gasteiger partial charge in [-0.05, 0) is 6.42 Å². The fourth-order valence-electron chi connectivity index (χ4n) is 1.11. The molecule has 1 heterocycles. The van der Waals surface area contributed by atoms with Crippen molar-refractivity contribution in [3.63, 3.8) is 0 Å². The molecule has 88 valence electrons. The van der Waals surface area contributed by atoms with Crippen LogP contribution in [0.15, 0.2) is 11.6 Å². The molecule has 2 amide bonds. The lowest BCUT2D eigenvalue weighted by atomic mass is 10.3. The number of anilines is 1. The van der Waals surface area contributed by atoms with Crippen molar-refractivity contribution in [3.8, 4) is 0 Å². The zero-order chi connectivity index (χ0) is 12.0. The highest BCUT2D eigenvalue weighted by Gasteiger charge is 2.18. The first kappa shape index (κ1) is 12.6. The minimum atomic E-state index is -0.631. The van der Waals surface area contributed by atoms with Crippen LogP contribution < -0.4 is 5.32 Å². The molecule has 0 aliphatic rings. The normalized spacial score (nSPS) is 9.88. The first-order valence-corrected chi connectivity index (χ1v) is 5.99. The minimum Gasteiger partial charge on any atom is -0.338 e. The average Bonchev–Trinajstić information content (AvgIpc) is 2.77. The maximum absolute atomic E-state index is 11.6. The Morgan fingerprint density at radius 1 is 1.56 bits per heavy atom. The van der Waals surface area contributed by atoms with E-state index in [4.69, 9.17) is 0 Å². The van der Waals surface area contributed by atoms with Crippen molar-refractivity contribution < 1.29 is 9.59 Å². The summed E-state index contributed by atoms with van der Waals surface area (Å²) in [7, 11) is 1.62. The van der Waals surface area contributed by atoms with Crippen LogP contribution in [0.5, 0.6) is 0 Å². The molecule has 16 heavy (non-hydrogen) atoms. The van der Waals surface area contributed by atoms with Gasteiger partial charge in [0.2, 0.25) is 0 Å². The molecule has 1 aromatic rings. The molecule has 0 aromatic carbocycles. The molecule has 1 N–H and O–H groups in total. The molecule has 0 fully saturated rings. The summed E-state index contributed by atoms with van der Waals surface area (Å²) in [4.78, 5) is 28.3. The second-order valence-corrected chi connectivity index (χ2v) is 4.27. The van der Waals surface area contributed by atoms with Crippen molar-refractivity contribution in [2.24, 2.45) is 0 Å². The second kappa shape index (κ2) is 6.22. The number of carbonyl (C=O) groups excluding carboxylic acids is 2. The van der Waals surface area contributed by atoms with Gasteiger partial charge >= 0.3 is 11.8 Å². The number of nitrogens with zero attached hydrogens (tertiary/aromatic N) is 2. The zero-order valence-corrected chi connectivity index (χ0v) is 10.2. The lowest BCUT2D eigenvalue weighted by molar-refractivity contribution is -0.142. The summed E-state index contributed by atoms with van der Waals surface area (Å²) in [5, 5.41) is 4.64. The van der Waals surface area contributed by atoms with E-state index in [1.54, 1.807) is 18.6 Å². The molecule has 0 unspecified atom stereocenters. The van der Waals surface area contributed by atoms with E-state index in [0.717, 1.165) is 12.8 Å². The van der Waals surface area contributed by atoms with Crippen LogP contribution in [0.4, 0.5) is 5.13 Å². The number of likely N-dealkylation sites (N-methyl/N-ethyl adjacent to an activating group) is 1. The fourth-order valence-corrected chi connectivity index (χ4v) is 1.63. The molecular weight excluding hydrogens is 226 g/mol. The van der Waals surface area contributed by atoms with Gasteiger partial charge in [0, 0.05) is 25.2 Å². The molecule has 0 saturated carbocycles. The summed E-state index contributed by atoms with van der Waals surface area (Å²) in [6, 6.07) is 0. The molecule has 0 aliphatic carbocycles. The molecule has 6 heteroatoms. The number of amides is 2. The van der Waals surface area contributed by atoms with Gasteiger partial charge in [-0.25, -0.2) is 4.98 Å². The summed E-state index contributed by atoms with van der Waals surface area (Å²) < 4.78 is 0. The molecule has 0 aliphatic heterocycles. The van der Waals surface area contributed by atoms with Crippen molar-refractivity contribution >= 4 is 28.3 Å². The van der Waals surface area contributed by atoms with Crippen molar-refractivity contribution in [2.75, 3.05) is 18.9 Å². The van der Waals surface area contributed by atoms with E-state index >= 15 is 0 Å². The molecule has 0 atom stereocenters. The summed E-state index contributed by atoms with van der Waals surface area (Å²) in [5.74, 6) is -1.16. The van der Waals surface area contributed by atoms with Crippen molar-refractivity contribution in [1.29, 1.82) is 0 Å². The van der Waals surface area contributed by atoms with Gasteiger partial charge in [0.1, 0.15) is 0 Å². The number of thiazole rings is 1. The molecule has 1 rings (SSSR count). The van der Waals surface area contributed by atoms with Crippen LogP contribution in [0.3, 0.4) is 0 Å². The Morgan fingerprint density at radius 3 is 2.88 bits per heavy atom. The summed E-state index contributed by atoms with van der Waals surface area (Å²) in [6.07, 6.45) is 3.46. The quantitative estimate of drug-likeness (QED) is 0.809. The van der Waals surface area contributed by atoms with E-state index in [1.165, 1.54) is 16.2 Å². The third-order valence-corrected chi connectivity index (χ3v) is 2.73. The van der Waals surface area contributed by atoms with E-state index < -0.39 is 11.8 Å². The van der Waals surface area contributed by atoms with Gasteiger partial charge in [0.25, 0.3) is 0 Å². The Balaban J connectivity index is 2.44. The summed E-state index contributed by atoms with van der Waals surface area (Å²) in [5.41, 5.74) is 0. The van der Waals surface area contributed by atoms with E-state index in [0.29, 0.717) is 11.7 Å². The highest BCUT2D eigenvalue weighted by molar-refractivity contribution is 7.13. The van der Waals surface area contributed by atoms with E-state index in [-0.39, 0.29) is 0 Å². The van der Waals surface area contributed by atoms with Gasteiger partial charge in [-0.15, -0.1) is 11.3 Å². The van der Waals surface area contributed by atoms with Gasteiger partial charge in [-0.3, -0.25) is 14.9 Å². The maximum atomic E-state index is 11.6. The van der Waals surface area contributed by atoms with Crippen LogP contribution >= 0.6 is 11.3 Å². The Hall–Kier alpha value is -1.43. The summed E-state index contributed by atoms with van der Waals surface area (Å²) >= 11 is 1.28. The Morgan fingerprint density at radius 2 is 2.31 bits per heavy atom. The highest BCUT2D eigenvalue weighted by atomic mass is 32.1. The number of hydrogen-bond acceptors (Lipinski definition) is 4. The maximum Gasteiger partial charge on any atom is 0.315 e. The Bertz CT molecular complexity index is 351. The lowest BCUT2D eigenvalue weighted by Crippen LogP contribution is -2.37. The number of nitrogens with one attached hydrogen (secondary N) is 1. The molecule has 0 spiro atoms. The number of carbonyl (C=O) groups is 2. The van der Waals surface area contributed by atoms with E-state index in [1.807, 2.05) is 6.92 Å². The minimum absolute atomic E-state index is 0.447. The predicted octanol–water partition coefficient (Wildman–Crippen LogP) is 1.34. The Labute approximate surface area is 98.5 Å². The zero-order valence-electron chi connectivity index (χ0n) is 9.40.